The lowest BCUT2D eigenvalue weighted by Crippen LogP contribution is -2.10. The molecule has 1 aliphatic carbocycles. The Balaban J connectivity index is 2.08. The number of ketones is 1. The number of carbonyl (C=O) groups is 1. The number of hydrogen-bond acceptors (Lipinski definition) is 2. The highest BCUT2D eigenvalue weighted by Crippen LogP contribution is 2.30. The van der Waals surface area contributed by atoms with Gasteiger partial charge in [-0.05, 0) is 37.8 Å². The standard InChI is InChI=1S/C15H16F3NO/c16-15(17,18)12-7-5-11(6-8-12)14(20)9-13(19)10-3-1-2-4-10/h5-8H,1-4,9,19H2. The van der Waals surface area contributed by atoms with E-state index in [1.54, 1.807) is 0 Å². The zero-order chi connectivity index (χ0) is 14.8. The number of allylic oxidation sites excluding steroid dienone is 2. The van der Waals surface area contributed by atoms with Crippen molar-refractivity contribution in [2.75, 3.05) is 0 Å². The molecule has 0 aliphatic heterocycles. The zero-order valence-electron chi connectivity index (χ0n) is 11.0. The van der Waals surface area contributed by atoms with Gasteiger partial charge in [0.1, 0.15) is 0 Å². The summed E-state index contributed by atoms with van der Waals surface area (Å²) in [5, 5.41) is 0. The molecule has 0 spiro atoms. The maximum absolute atomic E-state index is 12.4. The molecule has 1 aromatic carbocycles. The molecule has 20 heavy (non-hydrogen) atoms. The summed E-state index contributed by atoms with van der Waals surface area (Å²) >= 11 is 0. The molecule has 0 saturated heterocycles. The lowest BCUT2D eigenvalue weighted by Gasteiger charge is -2.08. The second-order valence-electron chi connectivity index (χ2n) is 5.01. The van der Waals surface area contributed by atoms with Gasteiger partial charge in [0.2, 0.25) is 0 Å². The molecule has 2 rings (SSSR count). The van der Waals surface area contributed by atoms with E-state index in [2.05, 4.69) is 0 Å². The summed E-state index contributed by atoms with van der Waals surface area (Å²) in [7, 11) is 0. The molecular weight excluding hydrogens is 267 g/mol. The highest BCUT2D eigenvalue weighted by Gasteiger charge is 2.30. The van der Waals surface area contributed by atoms with Crippen LogP contribution in [0.1, 0.15) is 48.0 Å². The number of rotatable bonds is 3. The minimum Gasteiger partial charge on any atom is -0.402 e. The van der Waals surface area contributed by atoms with Gasteiger partial charge in [-0.15, -0.1) is 0 Å². The average Bonchev–Trinajstić information content (AvgIpc) is 2.91. The summed E-state index contributed by atoms with van der Waals surface area (Å²) in [6, 6.07) is 4.26. The highest BCUT2D eigenvalue weighted by molar-refractivity contribution is 5.97. The van der Waals surface area contributed by atoms with Crippen LogP contribution < -0.4 is 5.73 Å². The first kappa shape index (κ1) is 14.6. The molecule has 0 radical (unpaired) electrons. The van der Waals surface area contributed by atoms with Crippen LogP contribution >= 0.6 is 0 Å². The van der Waals surface area contributed by atoms with Gasteiger partial charge < -0.3 is 5.73 Å². The number of benzene rings is 1. The van der Waals surface area contributed by atoms with E-state index in [9.17, 15) is 18.0 Å². The van der Waals surface area contributed by atoms with Crippen molar-refractivity contribution < 1.29 is 18.0 Å². The first-order valence-corrected chi connectivity index (χ1v) is 6.55. The molecular formula is C15H16F3NO. The second kappa shape index (κ2) is 5.69. The van der Waals surface area contributed by atoms with Gasteiger partial charge in [0.15, 0.2) is 5.78 Å². The van der Waals surface area contributed by atoms with Gasteiger partial charge >= 0.3 is 6.18 Å². The first-order valence-electron chi connectivity index (χ1n) is 6.55. The van der Waals surface area contributed by atoms with E-state index in [0.29, 0.717) is 5.70 Å². The highest BCUT2D eigenvalue weighted by atomic mass is 19.4. The lowest BCUT2D eigenvalue weighted by molar-refractivity contribution is -0.137. The molecule has 0 amide bonds. The predicted molar refractivity (Wildman–Crippen MR) is 70.1 cm³/mol. The molecule has 1 aromatic rings. The topological polar surface area (TPSA) is 43.1 Å². The Bertz CT molecular complexity index is 521. The van der Waals surface area contributed by atoms with Crippen molar-refractivity contribution in [1.82, 2.24) is 0 Å². The summed E-state index contributed by atoms with van der Waals surface area (Å²) < 4.78 is 37.3. The van der Waals surface area contributed by atoms with Crippen molar-refractivity contribution in [3.8, 4) is 0 Å². The quantitative estimate of drug-likeness (QED) is 0.850. The summed E-state index contributed by atoms with van der Waals surface area (Å²) in [5.74, 6) is -0.240. The molecule has 1 saturated carbocycles. The van der Waals surface area contributed by atoms with Crippen molar-refractivity contribution >= 4 is 5.78 Å². The number of hydrogen-bond donors (Lipinski definition) is 1. The monoisotopic (exact) mass is 283 g/mol. The Labute approximate surface area is 115 Å². The van der Waals surface area contributed by atoms with Gasteiger partial charge in [-0.3, -0.25) is 4.79 Å². The minimum absolute atomic E-state index is 0.0840. The third kappa shape index (κ3) is 3.40. The van der Waals surface area contributed by atoms with Crippen LogP contribution in [0.25, 0.3) is 0 Å². The van der Waals surface area contributed by atoms with Crippen LogP contribution in [0, 0.1) is 0 Å². The molecule has 1 aliphatic rings. The van der Waals surface area contributed by atoms with Crippen LogP contribution in [-0.4, -0.2) is 5.78 Å². The van der Waals surface area contributed by atoms with E-state index in [0.717, 1.165) is 43.4 Å². The van der Waals surface area contributed by atoms with Crippen LogP contribution in [0.5, 0.6) is 0 Å². The molecule has 0 unspecified atom stereocenters. The Kier molecular flexibility index (Phi) is 4.16. The van der Waals surface area contributed by atoms with Crippen molar-refractivity contribution in [2.45, 2.75) is 38.3 Å². The zero-order valence-corrected chi connectivity index (χ0v) is 11.0. The van der Waals surface area contributed by atoms with E-state index >= 15 is 0 Å². The van der Waals surface area contributed by atoms with Crippen LogP contribution in [0.2, 0.25) is 0 Å². The fraction of sp³-hybridized carbons (Fsp3) is 0.400. The molecule has 0 bridgehead atoms. The van der Waals surface area contributed by atoms with Crippen LogP contribution in [0.15, 0.2) is 35.5 Å². The van der Waals surface area contributed by atoms with E-state index in [4.69, 9.17) is 5.73 Å². The molecule has 2 N–H and O–H groups in total. The smallest absolute Gasteiger partial charge is 0.402 e. The van der Waals surface area contributed by atoms with Gasteiger partial charge in [0, 0.05) is 11.3 Å². The third-order valence-electron chi connectivity index (χ3n) is 3.55. The van der Waals surface area contributed by atoms with Gasteiger partial charge in [-0.25, -0.2) is 0 Å². The van der Waals surface area contributed by atoms with Crippen molar-refractivity contribution in [3.63, 3.8) is 0 Å². The van der Waals surface area contributed by atoms with E-state index in [-0.39, 0.29) is 17.8 Å². The molecule has 0 atom stereocenters. The number of carbonyl (C=O) groups excluding carboxylic acids is 1. The molecule has 0 heterocycles. The summed E-state index contributed by atoms with van der Waals surface area (Å²) in [6.45, 7) is 0. The summed E-state index contributed by atoms with van der Waals surface area (Å²) in [6.07, 6.45) is -0.277. The Morgan fingerprint density at radius 1 is 1.10 bits per heavy atom. The average molecular weight is 283 g/mol. The van der Waals surface area contributed by atoms with Crippen LogP contribution in [0.3, 0.4) is 0 Å². The van der Waals surface area contributed by atoms with Gasteiger partial charge in [-0.2, -0.15) is 13.2 Å². The number of nitrogens with two attached hydrogens (primary N) is 1. The maximum atomic E-state index is 12.4. The van der Waals surface area contributed by atoms with Gasteiger partial charge in [0.25, 0.3) is 0 Å². The van der Waals surface area contributed by atoms with Crippen LogP contribution in [-0.2, 0) is 6.18 Å². The molecule has 108 valence electrons. The second-order valence-corrected chi connectivity index (χ2v) is 5.01. The molecule has 5 heteroatoms. The van der Waals surface area contributed by atoms with Crippen LogP contribution in [0.4, 0.5) is 13.2 Å². The molecule has 0 aromatic heterocycles. The fourth-order valence-corrected chi connectivity index (χ4v) is 2.37. The first-order chi connectivity index (χ1) is 9.38. The van der Waals surface area contributed by atoms with Gasteiger partial charge in [0.05, 0.1) is 12.0 Å². The normalized spacial score (nSPS) is 15.4. The number of halogens is 3. The summed E-state index contributed by atoms with van der Waals surface area (Å²) in [5.41, 5.74) is 7.10. The van der Waals surface area contributed by atoms with E-state index in [1.165, 1.54) is 12.1 Å². The van der Waals surface area contributed by atoms with Crippen molar-refractivity contribution in [1.29, 1.82) is 0 Å². The fourth-order valence-electron chi connectivity index (χ4n) is 2.37. The minimum atomic E-state index is -4.38. The Morgan fingerprint density at radius 2 is 1.65 bits per heavy atom. The third-order valence-corrected chi connectivity index (χ3v) is 3.55. The lowest BCUT2D eigenvalue weighted by atomic mass is 10.0. The number of alkyl halides is 3. The molecule has 2 nitrogen and oxygen atoms in total. The molecule has 1 fully saturated rings. The maximum Gasteiger partial charge on any atom is 0.416 e. The van der Waals surface area contributed by atoms with Gasteiger partial charge in [-0.1, -0.05) is 17.7 Å². The van der Waals surface area contributed by atoms with Crippen molar-refractivity contribution in [2.24, 2.45) is 5.73 Å². The largest absolute Gasteiger partial charge is 0.416 e. The SMILES string of the molecule is NC(CC(=O)c1ccc(C(F)(F)F)cc1)=C1CCCC1. The predicted octanol–water partition coefficient (Wildman–Crippen LogP) is 4.07. The van der Waals surface area contributed by atoms with E-state index in [1.807, 2.05) is 0 Å². The van der Waals surface area contributed by atoms with Crippen molar-refractivity contribution in [3.05, 3.63) is 46.7 Å². The number of Topliss-reactive ketones (excluding diaryl/α,β-unsaturated/α-hetero) is 1. The van der Waals surface area contributed by atoms with E-state index < -0.39 is 11.7 Å². The Hall–Kier alpha value is -1.78. The summed E-state index contributed by atoms with van der Waals surface area (Å²) in [4.78, 5) is 12.0. The Morgan fingerprint density at radius 3 is 2.15 bits per heavy atom.